The molecule has 1 aliphatic rings. The first-order valence-electron chi connectivity index (χ1n) is 6.72. The SMILES string of the molecule is NCc1ncc2c(n1)NC(=O)N(c1cc(C(N)=O)ccc1Cl)C2. The number of nitrogens with two attached hydrogens (primary N) is 2. The molecule has 0 fully saturated rings. The van der Waals surface area contributed by atoms with E-state index >= 15 is 0 Å². The molecular weight excluding hydrogens is 320 g/mol. The molecule has 5 N–H and O–H groups in total. The van der Waals surface area contributed by atoms with E-state index < -0.39 is 11.9 Å². The van der Waals surface area contributed by atoms with E-state index in [-0.39, 0.29) is 18.7 Å². The average molecular weight is 333 g/mol. The van der Waals surface area contributed by atoms with E-state index in [1.54, 1.807) is 6.20 Å². The van der Waals surface area contributed by atoms with Gasteiger partial charge in [0.1, 0.15) is 11.6 Å². The van der Waals surface area contributed by atoms with Crippen molar-refractivity contribution in [1.82, 2.24) is 9.97 Å². The predicted octanol–water partition coefficient (Wildman–Crippen LogP) is 1.24. The van der Waals surface area contributed by atoms with Crippen LogP contribution >= 0.6 is 11.6 Å². The van der Waals surface area contributed by atoms with Gasteiger partial charge in [-0.25, -0.2) is 14.8 Å². The van der Waals surface area contributed by atoms with Crippen molar-refractivity contribution in [2.24, 2.45) is 11.5 Å². The molecule has 3 rings (SSSR count). The highest BCUT2D eigenvalue weighted by Gasteiger charge is 2.27. The number of halogens is 1. The van der Waals surface area contributed by atoms with Crippen LogP contribution in [0.3, 0.4) is 0 Å². The fraction of sp³-hybridized carbons (Fsp3) is 0.143. The summed E-state index contributed by atoms with van der Waals surface area (Å²) in [5.74, 6) is 0.256. The first-order chi connectivity index (χ1) is 11.0. The van der Waals surface area contributed by atoms with E-state index in [1.807, 2.05) is 0 Å². The third-order valence-electron chi connectivity index (χ3n) is 3.42. The molecule has 1 aromatic heterocycles. The number of amides is 3. The molecule has 0 saturated heterocycles. The number of primary amides is 1. The van der Waals surface area contributed by atoms with Gasteiger partial charge in [-0.05, 0) is 18.2 Å². The molecule has 0 aliphatic carbocycles. The largest absolute Gasteiger partial charge is 0.366 e. The second kappa shape index (κ2) is 5.82. The molecule has 2 heterocycles. The number of carbonyl (C=O) groups excluding carboxylic acids is 2. The van der Waals surface area contributed by atoms with Crippen LogP contribution in [0.1, 0.15) is 21.7 Å². The van der Waals surface area contributed by atoms with Crippen LogP contribution in [0.15, 0.2) is 24.4 Å². The lowest BCUT2D eigenvalue weighted by molar-refractivity contribution is 0.1000. The fourth-order valence-electron chi connectivity index (χ4n) is 2.24. The Kier molecular flexibility index (Phi) is 3.85. The van der Waals surface area contributed by atoms with E-state index in [2.05, 4.69) is 15.3 Å². The summed E-state index contributed by atoms with van der Waals surface area (Å²) in [6.07, 6.45) is 1.60. The molecule has 3 amide bonds. The summed E-state index contributed by atoms with van der Waals surface area (Å²) < 4.78 is 0. The highest BCUT2D eigenvalue weighted by Crippen LogP contribution is 2.32. The van der Waals surface area contributed by atoms with Gasteiger partial charge in [0.15, 0.2) is 0 Å². The normalized spacial score (nSPS) is 13.5. The smallest absolute Gasteiger partial charge is 0.327 e. The van der Waals surface area contributed by atoms with Gasteiger partial charge in [-0.3, -0.25) is 15.0 Å². The van der Waals surface area contributed by atoms with Gasteiger partial charge in [-0.1, -0.05) is 11.6 Å². The Morgan fingerprint density at radius 3 is 2.91 bits per heavy atom. The van der Waals surface area contributed by atoms with Crippen molar-refractivity contribution in [2.75, 3.05) is 10.2 Å². The van der Waals surface area contributed by atoms with E-state index in [1.165, 1.54) is 23.1 Å². The van der Waals surface area contributed by atoms with Crippen molar-refractivity contribution >= 4 is 35.0 Å². The maximum Gasteiger partial charge on any atom is 0.327 e. The summed E-state index contributed by atoms with van der Waals surface area (Å²) >= 11 is 6.15. The average Bonchev–Trinajstić information content (AvgIpc) is 2.54. The molecule has 1 aromatic carbocycles. The number of rotatable bonds is 3. The Labute approximate surface area is 136 Å². The van der Waals surface area contributed by atoms with Gasteiger partial charge in [0.05, 0.1) is 23.8 Å². The number of carbonyl (C=O) groups is 2. The summed E-state index contributed by atoms with van der Waals surface area (Å²) in [6, 6.07) is 4.08. The lowest BCUT2D eigenvalue weighted by Gasteiger charge is -2.29. The van der Waals surface area contributed by atoms with E-state index in [9.17, 15) is 9.59 Å². The molecule has 0 radical (unpaired) electrons. The lowest BCUT2D eigenvalue weighted by atomic mass is 10.1. The van der Waals surface area contributed by atoms with Crippen LogP contribution in [-0.4, -0.2) is 21.9 Å². The Hall–Kier alpha value is -2.71. The highest BCUT2D eigenvalue weighted by molar-refractivity contribution is 6.34. The molecule has 0 bridgehead atoms. The van der Waals surface area contributed by atoms with Crippen LogP contribution in [0.2, 0.25) is 5.02 Å². The van der Waals surface area contributed by atoms with Gasteiger partial charge in [0.2, 0.25) is 5.91 Å². The molecule has 8 nitrogen and oxygen atoms in total. The molecule has 1 aliphatic heterocycles. The van der Waals surface area contributed by atoms with E-state index in [0.717, 1.165) is 0 Å². The summed E-state index contributed by atoms with van der Waals surface area (Å²) in [6.45, 7) is 0.396. The Balaban J connectivity index is 2.00. The summed E-state index contributed by atoms with van der Waals surface area (Å²) in [7, 11) is 0. The van der Waals surface area contributed by atoms with Crippen LogP contribution in [0.4, 0.5) is 16.3 Å². The Morgan fingerprint density at radius 1 is 1.43 bits per heavy atom. The van der Waals surface area contributed by atoms with Crippen LogP contribution in [0.25, 0.3) is 0 Å². The summed E-state index contributed by atoms with van der Waals surface area (Å²) in [5.41, 5.74) is 12.1. The van der Waals surface area contributed by atoms with Crippen LogP contribution < -0.4 is 21.7 Å². The maximum atomic E-state index is 12.3. The standard InChI is InChI=1S/C14H13ClN6O2/c15-9-2-1-7(12(17)22)3-10(9)21-6-8-5-18-11(4-16)19-13(8)20-14(21)23/h1-3,5H,4,6,16H2,(H2,17,22)(H,18,19,20,23). The van der Waals surface area contributed by atoms with Crippen LogP contribution in [0, 0.1) is 0 Å². The number of fused-ring (bicyclic) bond motifs is 1. The van der Waals surface area contributed by atoms with Gasteiger partial charge in [0.25, 0.3) is 0 Å². The third kappa shape index (κ3) is 2.81. The Bertz CT molecular complexity index is 810. The molecule has 23 heavy (non-hydrogen) atoms. The zero-order valence-corrected chi connectivity index (χ0v) is 12.7. The number of hydrogen-bond acceptors (Lipinski definition) is 5. The zero-order chi connectivity index (χ0) is 16.6. The highest BCUT2D eigenvalue weighted by atomic mass is 35.5. The monoisotopic (exact) mass is 332 g/mol. The number of nitrogens with zero attached hydrogens (tertiary/aromatic N) is 3. The lowest BCUT2D eigenvalue weighted by Crippen LogP contribution is -2.39. The molecule has 2 aromatic rings. The Morgan fingerprint density at radius 2 is 2.22 bits per heavy atom. The zero-order valence-electron chi connectivity index (χ0n) is 11.9. The fourth-order valence-corrected chi connectivity index (χ4v) is 2.46. The number of nitrogens with one attached hydrogen (secondary N) is 1. The number of aromatic nitrogens is 2. The second-order valence-electron chi connectivity index (χ2n) is 4.91. The first-order valence-corrected chi connectivity index (χ1v) is 7.10. The van der Waals surface area contributed by atoms with Gasteiger partial charge in [-0.15, -0.1) is 0 Å². The summed E-state index contributed by atoms with van der Waals surface area (Å²) in [4.78, 5) is 33.3. The molecule has 118 valence electrons. The minimum atomic E-state index is -0.600. The first kappa shape index (κ1) is 15.2. The van der Waals surface area contributed by atoms with Crippen LogP contribution in [0.5, 0.6) is 0 Å². The topological polar surface area (TPSA) is 127 Å². The van der Waals surface area contributed by atoms with Gasteiger partial charge in [0, 0.05) is 17.3 Å². The van der Waals surface area contributed by atoms with E-state index in [0.29, 0.717) is 27.9 Å². The minimum Gasteiger partial charge on any atom is -0.366 e. The van der Waals surface area contributed by atoms with E-state index in [4.69, 9.17) is 23.1 Å². The number of benzene rings is 1. The van der Waals surface area contributed by atoms with Crippen LogP contribution in [-0.2, 0) is 13.1 Å². The molecule has 0 atom stereocenters. The third-order valence-corrected chi connectivity index (χ3v) is 3.74. The van der Waals surface area contributed by atoms with Gasteiger partial charge >= 0.3 is 6.03 Å². The number of anilines is 2. The van der Waals surface area contributed by atoms with Crippen molar-refractivity contribution in [1.29, 1.82) is 0 Å². The molecule has 0 spiro atoms. The van der Waals surface area contributed by atoms with Crippen molar-refractivity contribution in [2.45, 2.75) is 13.1 Å². The van der Waals surface area contributed by atoms with Crippen molar-refractivity contribution < 1.29 is 9.59 Å². The van der Waals surface area contributed by atoms with Gasteiger partial charge < -0.3 is 11.5 Å². The van der Waals surface area contributed by atoms with Gasteiger partial charge in [-0.2, -0.15) is 0 Å². The molecular formula is C14H13ClN6O2. The predicted molar refractivity (Wildman–Crippen MR) is 85.1 cm³/mol. The second-order valence-corrected chi connectivity index (χ2v) is 5.32. The number of urea groups is 1. The quantitative estimate of drug-likeness (QED) is 0.779. The molecule has 9 heteroatoms. The van der Waals surface area contributed by atoms with Crippen molar-refractivity contribution in [3.8, 4) is 0 Å². The molecule has 0 unspecified atom stereocenters. The number of hydrogen-bond donors (Lipinski definition) is 3. The van der Waals surface area contributed by atoms with Crippen molar-refractivity contribution in [3.63, 3.8) is 0 Å². The molecule has 0 saturated carbocycles. The maximum absolute atomic E-state index is 12.3. The minimum absolute atomic E-state index is 0.180. The summed E-state index contributed by atoms with van der Waals surface area (Å²) in [5, 5.41) is 2.99. The van der Waals surface area contributed by atoms with Crippen molar-refractivity contribution in [3.05, 3.63) is 46.4 Å².